The first-order valence-electron chi connectivity index (χ1n) is 4.44. The molecule has 0 atom stereocenters. The van der Waals surface area contributed by atoms with Gasteiger partial charge in [-0.15, -0.1) is 0 Å². The molecule has 0 aliphatic rings. The third kappa shape index (κ3) is 2.42. The predicted octanol–water partition coefficient (Wildman–Crippen LogP) is 2.16. The van der Waals surface area contributed by atoms with E-state index in [9.17, 15) is 4.39 Å². The Morgan fingerprint density at radius 2 is 2.00 bits per heavy atom. The highest BCUT2D eigenvalue weighted by Crippen LogP contribution is 2.14. The highest BCUT2D eigenvalue weighted by Gasteiger charge is 2.07. The van der Waals surface area contributed by atoms with Crippen molar-refractivity contribution in [2.45, 2.75) is 6.92 Å². The van der Waals surface area contributed by atoms with Crippen molar-refractivity contribution < 1.29 is 4.39 Å². The molecule has 0 saturated carbocycles. The van der Waals surface area contributed by atoms with E-state index in [1.165, 1.54) is 12.1 Å². The Hall–Kier alpha value is -1.16. The summed E-state index contributed by atoms with van der Waals surface area (Å²) in [7, 11) is 1.77. The molecule has 0 aromatic heterocycles. The van der Waals surface area contributed by atoms with Crippen molar-refractivity contribution in [2.24, 2.45) is 0 Å². The maximum Gasteiger partial charge on any atom is 0.173 e. The number of rotatable bonds is 2. The maximum absolute atomic E-state index is 12.7. The number of halogens is 1. The van der Waals surface area contributed by atoms with Gasteiger partial charge in [0.2, 0.25) is 0 Å². The molecular formula is C10H13FN2S. The first kappa shape index (κ1) is 10.9. The van der Waals surface area contributed by atoms with Gasteiger partial charge in [0.15, 0.2) is 5.11 Å². The van der Waals surface area contributed by atoms with Crippen LogP contribution in [0, 0.1) is 5.82 Å². The molecule has 0 fully saturated rings. The van der Waals surface area contributed by atoms with E-state index in [-0.39, 0.29) is 5.82 Å². The quantitative estimate of drug-likeness (QED) is 0.756. The van der Waals surface area contributed by atoms with E-state index >= 15 is 0 Å². The maximum atomic E-state index is 12.7. The average Bonchev–Trinajstić information content (AvgIpc) is 2.21. The van der Waals surface area contributed by atoms with Gasteiger partial charge >= 0.3 is 0 Å². The van der Waals surface area contributed by atoms with Crippen LogP contribution in [0.4, 0.5) is 10.1 Å². The molecule has 1 N–H and O–H groups in total. The minimum absolute atomic E-state index is 0.236. The number of benzene rings is 1. The molecule has 0 radical (unpaired) electrons. The average molecular weight is 212 g/mol. The SMILES string of the molecule is CCN(C(=S)NC)c1ccc(F)cc1. The number of thiocarbonyl (C=S) groups is 1. The van der Waals surface area contributed by atoms with E-state index in [1.807, 2.05) is 11.8 Å². The van der Waals surface area contributed by atoms with E-state index in [2.05, 4.69) is 5.32 Å². The van der Waals surface area contributed by atoms with Crippen LogP contribution in [0.3, 0.4) is 0 Å². The molecule has 0 aliphatic heterocycles. The smallest absolute Gasteiger partial charge is 0.173 e. The monoisotopic (exact) mass is 212 g/mol. The standard InChI is InChI=1S/C10H13FN2S/c1-3-13(10(14)12-2)9-6-4-8(11)5-7-9/h4-7H,3H2,1-2H3,(H,12,14). The van der Waals surface area contributed by atoms with Crippen molar-refractivity contribution in [3.63, 3.8) is 0 Å². The molecular weight excluding hydrogens is 199 g/mol. The lowest BCUT2D eigenvalue weighted by atomic mass is 10.3. The highest BCUT2D eigenvalue weighted by molar-refractivity contribution is 7.80. The van der Waals surface area contributed by atoms with Crippen LogP contribution in [-0.4, -0.2) is 18.7 Å². The summed E-state index contributed by atoms with van der Waals surface area (Å²) < 4.78 is 12.7. The van der Waals surface area contributed by atoms with Gasteiger partial charge in [-0.2, -0.15) is 0 Å². The van der Waals surface area contributed by atoms with Crippen LogP contribution in [0.1, 0.15) is 6.92 Å². The van der Waals surface area contributed by atoms with Crippen LogP contribution >= 0.6 is 12.2 Å². The minimum Gasteiger partial charge on any atom is -0.365 e. The Morgan fingerprint density at radius 1 is 1.43 bits per heavy atom. The van der Waals surface area contributed by atoms with Crippen molar-refractivity contribution in [3.05, 3.63) is 30.1 Å². The largest absolute Gasteiger partial charge is 0.365 e. The molecule has 0 heterocycles. The predicted molar refractivity (Wildman–Crippen MR) is 61.1 cm³/mol. The van der Waals surface area contributed by atoms with Crippen molar-refractivity contribution >= 4 is 23.0 Å². The molecule has 0 amide bonds. The van der Waals surface area contributed by atoms with Crippen LogP contribution in [0.2, 0.25) is 0 Å². The number of anilines is 1. The summed E-state index contributed by atoms with van der Waals surface area (Å²) in [5.41, 5.74) is 0.897. The van der Waals surface area contributed by atoms with Gasteiger partial charge in [0.25, 0.3) is 0 Å². The fourth-order valence-corrected chi connectivity index (χ4v) is 1.43. The molecule has 2 nitrogen and oxygen atoms in total. The highest BCUT2D eigenvalue weighted by atomic mass is 32.1. The van der Waals surface area contributed by atoms with Gasteiger partial charge < -0.3 is 10.2 Å². The van der Waals surface area contributed by atoms with Crippen molar-refractivity contribution in [2.75, 3.05) is 18.5 Å². The van der Waals surface area contributed by atoms with Crippen LogP contribution in [-0.2, 0) is 0 Å². The molecule has 0 unspecified atom stereocenters. The lowest BCUT2D eigenvalue weighted by molar-refractivity contribution is 0.628. The van der Waals surface area contributed by atoms with Gasteiger partial charge in [-0.1, -0.05) is 0 Å². The lowest BCUT2D eigenvalue weighted by Gasteiger charge is -2.23. The Kier molecular flexibility index (Phi) is 3.83. The third-order valence-electron chi connectivity index (χ3n) is 1.91. The molecule has 0 spiro atoms. The number of hydrogen-bond donors (Lipinski definition) is 1. The van der Waals surface area contributed by atoms with E-state index in [1.54, 1.807) is 19.2 Å². The van der Waals surface area contributed by atoms with Gasteiger partial charge in [-0.25, -0.2) is 4.39 Å². The van der Waals surface area contributed by atoms with E-state index < -0.39 is 0 Å². The van der Waals surface area contributed by atoms with E-state index in [0.29, 0.717) is 5.11 Å². The summed E-state index contributed by atoms with van der Waals surface area (Å²) in [6.07, 6.45) is 0. The summed E-state index contributed by atoms with van der Waals surface area (Å²) in [5.74, 6) is -0.236. The first-order valence-corrected chi connectivity index (χ1v) is 4.84. The molecule has 14 heavy (non-hydrogen) atoms. The topological polar surface area (TPSA) is 15.3 Å². The fraction of sp³-hybridized carbons (Fsp3) is 0.300. The Balaban J connectivity index is 2.89. The molecule has 76 valence electrons. The van der Waals surface area contributed by atoms with Crippen molar-refractivity contribution in [1.29, 1.82) is 0 Å². The second kappa shape index (κ2) is 4.91. The van der Waals surface area contributed by atoms with Crippen LogP contribution in [0.15, 0.2) is 24.3 Å². The van der Waals surface area contributed by atoms with Gasteiger partial charge in [0.05, 0.1) is 0 Å². The molecule has 1 rings (SSSR count). The number of nitrogens with one attached hydrogen (secondary N) is 1. The zero-order valence-corrected chi connectivity index (χ0v) is 9.07. The normalized spacial score (nSPS) is 9.64. The van der Waals surface area contributed by atoms with Crippen LogP contribution in [0.5, 0.6) is 0 Å². The molecule has 0 aliphatic carbocycles. The second-order valence-corrected chi connectivity index (χ2v) is 3.16. The fourth-order valence-electron chi connectivity index (χ4n) is 1.20. The zero-order chi connectivity index (χ0) is 10.6. The van der Waals surface area contributed by atoms with Crippen molar-refractivity contribution in [1.82, 2.24) is 5.32 Å². The van der Waals surface area contributed by atoms with Crippen LogP contribution in [0.25, 0.3) is 0 Å². The summed E-state index contributed by atoms with van der Waals surface area (Å²) in [4.78, 5) is 1.90. The third-order valence-corrected chi connectivity index (χ3v) is 2.34. The van der Waals surface area contributed by atoms with E-state index in [4.69, 9.17) is 12.2 Å². The lowest BCUT2D eigenvalue weighted by Crippen LogP contribution is -2.37. The molecule has 4 heteroatoms. The molecule has 1 aromatic rings. The molecule has 1 aromatic carbocycles. The number of nitrogens with zero attached hydrogens (tertiary/aromatic N) is 1. The molecule has 0 saturated heterocycles. The van der Waals surface area contributed by atoms with Crippen molar-refractivity contribution in [3.8, 4) is 0 Å². The summed E-state index contributed by atoms with van der Waals surface area (Å²) in [6, 6.07) is 6.28. The van der Waals surface area contributed by atoms with Crippen LogP contribution < -0.4 is 10.2 Å². The van der Waals surface area contributed by atoms with Gasteiger partial charge in [-0.3, -0.25) is 0 Å². The summed E-state index contributed by atoms with van der Waals surface area (Å²) in [6.45, 7) is 2.75. The summed E-state index contributed by atoms with van der Waals surface area (Å²) >= 11 is 5.11. The summed E-state index contributed by atoms with van der Waals surface area (Å²) in [5, 5.41) is 3.53. The van der Waals surface area contributed by atoms with Gasteiger partial charge in [0.1, 0.15) is 5.82 Å². The second-order valence-electron chi connectivity index (χ2n) is 2.78. The first-order chi connectivity index (χ1) is 6.69. The van der Waals surface area contributed by atoms with E-state index in [0.717, 1.165) is 12.2 Å². The minimum atomic E-state index is -0.236. The Labute approximate surface area is 88.7 Å². The Bertz CT molecular complexity index is 310. The molecule has 0 bridgehead atoms. The Morgan fingerprint density at radius 3 is 2.43 bits per heavy atom. The van der Waals surface area contributed by atoms with Gasteiger partial charge in [0, 0.05) is 19.3 Å². The van der Waals surface area contributed by atoms with Gasteiger partial charge in [-0.05, 0) is 43.4 Å². The zero-order valence-electron chi connectivity index (χ0n) is 8.25. The number of hydrogen-bond acceptors (Lipinski definition) is 1.